The standard InChI is InChI=1S/C6H12.C4H10.2C2H6/c1-4-6(3)5-2;1-3-4-2;2*1-2/h4H,5H2,1-3H3;3-4H2,1-2H3;2*1-2H3. The predicted octanol–water partition coefficient (Wildman–Crippen LogP) is 6.22. The Kier molecular flexibility index (Phi) is 64.9. The third-order valence-corrected chi connectivity index (χ3v) is 1.55. The lowest BCUT2D eigenvalue weighted by molar-refractivity contribution is 0.886. The Hall–Kier alpha value is -0.260. The lowest BCUT2D eigenvalue weighted by Gasteiger charge is -1.85. The highest BCUT2D eigenvalue weighted by molar-refractivity contribution is 4.93. The number of hydrogen-bond acceptors (Lipinski definition) is 0. The van der Waals surface area contributed by atoms with Gasteiger partial charge in [-0.25, -0.2) is 0 Å². The Morgan fingerprint density at radius 1 is 0.857 bits per heavy atom. The summed E-state index contributed by atoms with van der Waals surface area (Å²) < 4.78 is 0. The van der Waals surface area contributed by atoms with Crippen molar-refractivity contribution in [2.24, 2.45) is 0 Å². The van der Waals surface area contributed by atoms with Gasteiger partial charge in [-0.15, -0.1) is 0 Å². The number of rotatable bonds is 2. The molecule has 90 valence electrons. The molecule has 0 aromatic heterocycles. The molecule has 0 saturated heterocycles. The second kappa shape index (κ2) is 38.7. The van der Waals surface area contributed by atoms with Crippen molar-refractivity contribution in [2.45, 2.75) is 81.6 Å². The SMILES string of the molecule is CC.CC.CC=C(C)CC.CCCC. The van der Waals surface area contributed by atoms with E-state index in [0.29, 0.717) is 0 Å². The van der Waals surface area contributed by atoms with Gasteiger partial charge in [-0.2, -0.15) is 0 Å². The minimum Gasteiger partial charge on any atom is -0.0887 e. The Bertz CT molecular complexity index is 68.1. The first-order valence-electron chi connectivity index (χ1n) is 6.34. The van der Waals surface area contributed by atoms with Crippen LogP contribution in [0, 0.1) is 0 Å². The van der Waals surface area contributed by atoms with Crippen LogP contribution in [0.25, 0.3) is 0 Å². The third-order valence-electron chi connectivity index (χ3n) is 1.55. The molecule has 0 aliphatic rings. The van der Waals surface area contributed by atoms with Crippen molar-refractivity contribution in [1.82, 2.24) is 0 Å². The van der Waals surface area contributed by atoms with E-state index in [1.807, 2.05) is 27.7 Å². The molecule has 0 N–H and O–H groups in total. The fourth-order valence-corrected chi connectivity index (χ4v) is 0.204. The van der Waals surface area contributed by atoms with Crippen LogP contribution in [0.15, 0.2) is 11.6 Å². The molecule has 0 bridgehead atoms. The molecule has 0 aliphatic carbocycles. The van der Waals surface area contributed by atoms with Crippen LogP contribution in [0.2, 0.25) is 0 Å². The van der Waals surface area contributed by atoms with E-state index < -0.39 is 0 Å². The first kappa shape index (κ1) is 23.5. The van der Waals surface area contributed by atoms with Crippen LogP contribution >= 0.6 is 0 Å². The second-order valence-corrected chi connectivity index (χ2v) is 2.49. The largest absolute Gasteiger partial charge is 0.0887 e. The maximum atomic E-state index is 2.18. The zero-order valence-electron chi connectivity index (χ0n) is 12.2. The average Bonchev–Trinajstić information content (AvgIpc) is 2.33. The summed E-state index contributed by atoms with van der Waals surface area (Å²) in [5.41, 5.74) is 1.47. The summed E-state index contributed by atoms with van der Waals surface area (Å²) in [5, 5.41) is 0. The molecule has 0 unspecified atom stereocenters. The van der Waals surface area contributed by atoms with Crippen molar-refractivity contribution < 1.29 is 0 Å². The molecule has 14 heavy (non-hydrogen) atoms. The third kappa shape index (κ3) is 60.3. The summed E-state index contributed by atoms with van der Waals surface area (Å²) in [6, 6.07) is 0. The Morgan fingerprint density at radius 2 is 1.14 bits per heavy atom. The molecule has 0 heteroatoms. The molecule has 0 saturated carbocycles. The summed E-state index contributed by atoms with van der Waals surface area (Å²) in [5.74, 6) is 0. The minimum atomic E-state index is 1.19. The van der Waals surface area contributed by atoms with E-state index in [2.05, 4.69) is 40.7 Å². The molecule has 0 atom stereocenters. The Morgan fingerprint density at radius 3 is 1.14 bits per heavy atom. The van der Waals surface area contributed by atoms with Gasteiger partial charge in [-0.05, 0) is 20.3 Å². The fourth-order valence-electron chi connectivity index (χ4n) is 0.204. The normalized spacial score (nSPS) is 8.21. The number of unbranched alkanes of at least 4 members (excludes halogenated alkanes) is 1. The van der Waals surface area contributed by atoms with Crippen LogP contribution < -0.4 is 0 Å². The smallest absolute Gasteiger partial charge is 0.0352 e. The molecule has 0 spiro atoms. The van der Waals surface area contributed by atoms with E-state index in [9.17, 15) is 0 Å². The predicted molar refractivity (Wildman–Crippen MR) is 73.0 cm³/mol. The molecular weight excluding hydrogens is 168 g/mol. The molecule has 0 amide bonds. The highest BCUT2D eigenvalue weighted by Crippen LogP contribution is 1.94. The quantitative estimate of drug-likeness (QED) is 0.466. The van der Waals surface area contributed by atoms with Gasteiger partial charge in [0.1, 0.15) is 0 Å². The van der Waals surface area contributed by atoms with Gasteiger partial charge in [-0.3, -0.25) is 0 Å². The summed E-state index contributed by atoms with van der Waals surface area (Å²) in [4.78, 5) is 0. The number of allylic oxidation sites excluding steroid dienone is 2. The van der Waals surface area contributed by atoms with Gasteiger partial charge >= 0.3 is 0 Å². The van der Waals surface area contributed by atoms with E-state index >= 15 is 0 Å². The molecule has 0 aromatic carbocycles. The van der Waals surface area contributed by atoms with E-state index in [4.69, 9.17) is 0 Å². The summed E-state index contributed by atoms with van der Waals surface area (Å²) in [7, 11) is 0. The monoisotopic (exact) mass is 202 g/mol. The lowest BCUT2D eigenvalue weighted by Crippen LogP contribution is -1.63. The molecule has 0 fully saturated rings. The maximum Gasteiger partial charge on any atom is -0.0352 e. The van der Waals surface area contributed by atoms with Crippen molar-refractivity contribution in [3.8, 4) is 0 Å². The molecule has 0 heterocycles. The number of hydrogen-bond donors (Lipinski definition) is 0. The first-order valence-corrected chi connectivity index (χ1v) is 6.34. The van der Waals surface area contributed by atoms with Crippen LogP contribution in [0.4, 0.5) is 0 Å². The lowest BCUT2D eigenvalue weighted by atomic mass is 10.2. The van der Waals surface area contributed by atoms with Crippen molar-refractivity contribution in [1.29, 1.82) is 0 Å². The van der Waals surface area contributed by atoms with Gasteiger partial charge in [0.15, 0.2) is 0 Å². The van der Waals surface area contributed by atoms with Crippen molar-refractivity contribution in [2.75, 3.05) is 0 Å². The van der Waals surface area contributed by atoms with E-state index in [1.165, 1.54) is 24.8 Å². The van der Waals surface area contributed by atoms with Crippen LogP contribution in [0.3, 0.4) is 0 Å². The van der Waals surface area contributed by atoms with Crippen LogP contribution in [-0.2, 0) is 0 Å². The van der Waals surface area contributed by atoms with Crippen molar-refractivity contribution in [3.05, 3.63) is 11.6 Å². The van der Waals surface area contributed by atoms with Gasteiger partial charge in [0.2, 0.25) is 0 Å². The van der Waals surface area contributed by atoms with E-state index in [-0.39, 0.29) is 0 Å². The zero-order chi connectivity index (χ0) is 12.4. The first-order chi connectivity index (χ1) is 6.72. The minimum absolute atomic E-state index is 1.19. The van der Waals surface area contributed by atoms with Crippen LogP contribution in [0.1, 0.15) is 81.6 Å². The van der Waals surface area contributed by atoms with Gasteiger partial charge in [-0.1, -0.05) is 73.0 Å². The van der Waals surface area contributed by atoms with Gasteiger partial charge < -0.3 is 0 Å². The van der Waals surface area contributed by atoms with E-state index in [1.54, 1.807) is 0 Å². The van der Waals surface area contributed by atoms with E-state index in [0.717, 1.165) is 0 Å². The summed E-state index contributed by atoms with van der Waals surface area (Å²) in [6.07, 6.45) is 5.97. The molecule has 0 radical (unpaired) electrons. The molecule has 0 rings (SSSR count). The van der Waals surface area contributed by atoms with Crippen LogP contribution in [-0.4, -0.2) is 0 Å². The molecule has 0 aromatic rings. The average molecular weight is 202 g/mol. The Balaban J connectivity index is -0.0000000546. The molecular formula is C14H34. The van der Waals surface area contributed by atoms with Gasteiger partial charge in [0.05, 0.1) is 0 Å². The highest BCUT2D eigenvalue weighted by Gasteiger charge is 1.73. The van der Waals surface area contributed by atoms with Crippen molar-refractivity contribution >= 4 is 0 Å². The molecule has 0 aliphatic heterocycles. The summed E-state index contributed by atoms with van der Waals surface area (Å²) in [6.45, 7) is 18.7. The van der Waals surface area contributed by atoms with Crippen molar-refractivity contribution in [3.63, 3.8) is 0 Å². The van der Waals surface area contributed by atoms with Gasteiger partial charge in [0.25, 0.3) is 0 Å². The second-order valence-electron chi connectivity index (χ2n) is 2.49. The highest BCUT2D eigenvalue weighted by atomic mass is 13.8. The Labute approximate surface area is 93.8 Å². The fraction of sp³-hybridized carbons (Fsp3) is 0.857. The maximum absolute atomic E-state index is 2.18. The van der Waals surface area contributed by atoms with Gasteiger partial charge in [0, 0.05) is 0 Å². The summed E-state index contributed by atoms with van der Waals surface area (Å²) >= 11 is 0. The topological polar surface area (TPSA) is 0 Å². The van der Waals surface area contributed by atoms with Crippen LogP contribution in [0.5, 0.6) is 0 Å². The molecule has 0 nitrogen and oxygen atoms in total. The zero-order valence-corrected chi connectivity index (χ0v) is 12.2.